The van der Waals surface area contributed by atoms with Crippen LogP contribution in [0.3, 0.4) is 0 Å². The summed E-state index contributed by atoms with van der Waals surface area (Å²) in [7, 11) is 0. The van der Waals surface area contributed by atoms with Gasteiger partial charge in [0.2, 0.25) is 5.91 Å². The molecule has 0 N–H and O–H groups in total. The van der Waals surface area contributed by atoms with Crippen LogP contribution in [-0.2, 0) is 10.2 Å². The molecule has 0 atom stereocenters. The van der Waals surface area contributed by atoms with E-state index < -0.39 is 0 Å². The highest BCUT2D eigenvalue weighted by atomic mass is 16.2. The number of hydrogen-bond acceptors (Lipinski definition) is 1. The molecule has 2 nitrogen and oxygen atoms in total. The summed E-state index contributed by atoms with van der Waals surface area (Å²) in [5.41, 5.74) is 4.10. The third-order valence-electron chi connectivity index (χ3n) is 4.17. The predicted molar refractivity (Wildman–Crippen MR) is 64.7 cm³/mol. The molecule has 1 heterocycles. The van der Waals surface area contributed by atoms with E-state index in [9.17, 15) is 4.79 Å². The Morgan fingerprint density at radius 3 is 2.69 bits per heavy atom. The molecule has 84 valence electrons. The molecular weight excluding hydrogens is 198 g/mol. The van der Waals surface area contributed by atoms with Crippen molar-refractivity contribution >= 4 is 11.6 Å². The maximum Gasteiger partial charge on any atom is 0.223 e. The predicted octanol–water partition coefficient (Wildman–Crippen LogP) is 2.78. The molecule has 2 heteroatoms. The lowest BCUT2D eigenvalue weighted by molar-refractivity contribution is -0.116. The molecule has 0 radical (unpaired) electrons. The number of carbonyl (C=O) groups is 1. The van der Waals surface area contributed by atoms with Gasteiger partial charge in [-0.15, -0.1) is 0 Å². The molecular formula is C14H17NO. The van der Waals surface area contributed by atoms with Crippen molar-refractivity contribution in [2.24, 2.45) is 0 Å². The standard InChI is InChI=1S/C14H17NO/c1-10-4-5-12-13(8-10)15(11(2)16)9-14(12)6-3-7-14/h4-5,8H,3,6-7,9H2,1-2H3. The number of anilines is 1. The molecule has 1 saturated carbocycles. The SMILES string of the molecule is CC(=O)N1CC2(CCC2)c2ccc(C)cc21. The number of rotatable bonds is 0. The fourth-order valence-electron chi connectivity index (χ4n) is 3.10. The van der Waals surface area contributed by atoms with Crippen LogP contribution in [0.4, 0.5) is 5.69 Å². The second-order valence-corrected chi connectivity index (χ2v) is 5.26. The molecule has 1 aliphatic heterocycles. The van der Waals surface area contributed by atoms with Gasteiger partial charge in [0.15, 0.2) is 0 Å². The lowest BCUT2D eigenvalue weighted by atomic mass is 9.66. The van der Waals surface area contributed by atoms with Crippen molar-refractivity contribution in [2.45, 2.75) is 38.5 Å². The first kappa shape index (κ1) is 9.88. The van der Waals surface area contributed by atoms with E-state index in [-0.39, 0.29) is 5.91 Å². The molecule has 2 aliphatic rings. The molecule has 3 rings (SSSR count). The summed E-state index contributed by atoms with van der Waals surface area (Å²) < 4.78 is 0. The number of hydrogen-bond donors (Lipinski definition) is 0. The van der Waals surface area contributed by atoms with Crippen LogP contribution in [0.1, 0.15) is 37.3 Å². The van der Waals surface area contributed by atoms with E-state index in [1.165, 1.54) is 30.4 Å². The highest BCUT2D eigenvalue weighted by Gasteiger charge is 2.47. The highest BCUT2D eigenvalue weighted by Crippen LogP contribution is 2.52. The molecule has 1 fully saturated rings. The van der Waals surface area contributed by atoms with Crippen LogP contribution >= 0.6 is 0 Å². The Balaban J connectivity index is 2.13. The Morgan fingerprint density at radius 2 is 2.12 bits per heavy atom. The van der Waals surface area contributed by atoms with Gasteiger partial charge in [-0.1, -0.05) is 18.6 Å². The molecule has 1 spiro atoms. The fourth-order valence-corrected chi connectivity index (χ4v) is 3.10. The lowest BCUT2D eigenvalue weighted by Crippen LogP contribution is -2.40. The normalized spacial score (nSPS) is 20.8. The van der Waals surface area contributed by atoms with Crippen molar-refractivity contribution in [3.63, 3.8) is 0 Å². The summed E-state index contributed by atoms with van der Waals surface area (Å²) in [6.45, 7) is 4.66. The molecule has 0 unspecified atom stereocenters. The molecule has 1 aromatic carbocycles. The molecule has 1 aliphatic carbocycles. The van der Waals surface area contributed by atoms with E-state index >= 15 is 0 Å². The van der Waals surface area contributed by atoms with Gasteiger partial charge in [0.25, 0.3) is 0 Å². The van der Waals surface area contributed by atoms with Crippen LogP contribution in [0.15, 0.2) is 18.2 Å². The van der Waals surface area contributed by atoms with Crippen LogP contribution in [0, 0.1) is 6.92 Å². The topological polar surface area (TPSA) is 20.3 Å². The Kier molecular flexibility index (Phi) is 1.91. The smallest absolute Gasteiger partial charge is 0.223 e. The van der Waals surface area contributed by atoms with Crippen molar-refractivity contribution < 1.29 is 4.79 Å². The zero-order valence-electron chi connectivity index (χ0n) is 9.92. The Bertz CT molecular complexity index is 460. The monoisotopic (exact) mass is 215 g/mol. The second kappa shape index (κ2) is 3.09. The first-order valence-corrected chi connectivity index (χ1v) is 6.02. The maximum atomic E-state index is 11.7. The number of fused-ring (bicyclic) bond motifs is 2. The summed E-state index contributed by atoms with van der Waals surface area (Å²) >= 11 is 0. The van der Waals surface area contributed by atoms with Gasteiger partial charge in [-0.05, 0) is 37.0 Å². The average Bonchev–Trinajstić information content (AvgIpc) is 2.51. The summed E-state index contributed by atoms with van der Waals surface area (Å²) in [4.78, 5) is 13.6. The number of benzene rings is 1. The van der Waals surface area contributed by atoms with Crippen molar-refractivity contribution in [3.8, 4) is 0 Å². The summed E-state index contributed by atoms with van der Waals surface area (Å²) in [6, 6.07) is 6.55. The van der Waals surface area contributed by atoms with Crippen LogP contribution in [0.5, 0.6) is 0 Å². The zero-order chi connectivity index (χ0) is 11.3. The zero-order valence-corrected chi connectivity index (χ0v) is 9.92. The Labute approximate surface area is 96.3 Å². The first-order valence-electron chi connectivity index (χ1n) is 6.02. The minimum atomic E-state index is 0.177. The van der Waals surface area contributed by atoms with Gasteiger partial charge in [-0.3, -0.25) is 4.79 Å². The van der Waals surface area contributed by atoms with Crippen LogP contribution in [-0.4, -0.2) is 12.5 Å². The summed E-state index contributed by atoms with van der Waals surface area (Å²) in [5, 5.41) is 0. The van der Waals surface area contributed by atoms with Gasteiger partial charge < -0.3 is 4.90 Å². The van der Waals surface area contributed by atoms with E-state index in [0.717, 1.165) is 12.2 Å². The van der Waals surface area contributed by atoms with Crippen molar-refractivity contribution in [3.05, 3.63) is 29.3 Å². The van der Waals surface area contributed by atoms with E-state index in [1.807, 2.05) is 4.90 Å². The fraction of sp³-hybridized carbons (Fsp3) is 0.500. The quantitative estimate of drug-likeness (QED) is 0.651. The van der Waals surface area contributed by atoms with E-state index in [1.54, 1.807) is 6.92 Å². The molecule has 0 bridgehead atoms. The van der Waals surface area contributed by atoms with E-state index in [2.05, 4.69) is 25.1 Å². The Morgan fingerprint density at radius 1 is 1.38 bits per heavy atom. The minimum absolute atomic E-state index is 0.177. The molecule has 1 amide bonds. The number of nitrogens with zero attached hydrogens (tertiary/aromatic N) is 1. The molecule has 16 heavy (non-hydrogen) atoms. The van der Waals surface area contributed by atoms with Gasteiger partial charge >= 0.3 is 0 Å². The highest BCUT2D eigenvalue weighted by molar-refractivity contribution is 5.95. The summed E-state index contributed by atoms with van der Waals surface area (Å²) in [6.07, 6.45) is 3.79. The molecule has 1 aromatic rings. The number of aryl methyl sites for hydroxylation is 1. The average molecular weight is 215 g/mol. The van der Waals surface area contributed by atoms with Crippen LogP contribution in [0.25, 0.3) is 0 Å². The first-order chi connectivity index (χ1) is 7.62. The van der Waals surface area contributed by atoms with Gasteiger partial charge in [0.1, 0.15) is 0 Å². The third kappa shape index (κ3) is 1.16. The molecule has 0 saturated heterocycles. The van der Waals surface area contributed by atoms with Gasteiger partial charge in [-0.25, -0.2) is 0 Å². The maximum absolute atomic E-state index is 11.7. The van der Waals surface area contributed by atoms with E-state index in [0.29, 0.717) is 5.41 Å². The van der Waals surface area contributed by atoms with Gasteiger partial charge in [0, 0.05) is 24.6 Å². The molecule has 0 aromatic heterocycles. The van der Waals surface area contributed by atoms with Gasteiger partial charge in [-0.2, -0.15) is 0 Å². The van der Waals surface area contributed by atoms with Gasteiger partial charge in [0.05, 0.1) is 0 Å². The number of carbonyl (C=O) groups excluding carboxylic acids is 1. The van der Waals surface area contributed by atoms with Crippen molar-refractivity contribution in [2.75, 3.05) is 11.4 Å². The lowest BCUT2D eigenvalue weighted by Gasteiger charge is -2.38. The van der Waals surface area contributed by atoms with Crippen LogP contribution < -0.4 is 4.90 Å². The second-order valence-electron chi connectivity index (χ2n) is 5.26. The minimum Gasteiger partial charge on any atom is -0.311 e. The number of amides is 1. The van der Waals surface area contributed by atoms with E-state index in [4.69, 9.17) is 0 Å². The third-order valence-corrected chi connectivity index (χ3v) is 4.17. The summed E-state index contributed by atoms with van der Waals surface area (Å²) in [5.74, 6) is 0.177. The Hall–Kier alpha value is -1.31. The van der Waals surface area contributed by atoms with Crippen molar-refractivity contribution in [1.82, 2.24) is 0 Å². The van der Waals surface area contributed by atoms with Crippen LogP contribution in [0.2, 0.25) is 0 Å². The van der Waals surface area contributed by atoms with Crippen molar-refractivity contribution in [1.29, 1.82) is 0 Å². The largest absolute Gasteiger partial charge is 0.311 e.